The monoisotopic (exact) mass is 354 g/mol. The van der Waals surface area contributed by atoms with Crippen molar-refractivity contribution in [3.63, 3.8) is 0 Å². The molecule has 0 amide bonds. The summed E-state index contributed by atoms with van der Waals surface area (Å²) < 4.78 is 8.20. The predicted molar refractivity (Wildman–Crippen MR) is 107 cm³/mol. The number of unbranched alkanes of at least 4 members (excludes halogenated alkanes) is 8. The van der Waals surface area contributed by atoms with E-state index in [1.807, 2.05) is 18.7 Å². The van der Waals surface area contributed by atoms with E-state index in [9.17, 15) is 0 Å². The highest BCUT2D eigenvalue weighted by molar-refractivity contribution is 7.99. The Morgan fingerprint density at radius 1 is 0.958 bits per heavy atom. The van der Waals surface area contributed by atoms with Gasteiger partial charge < -0.3 is 9.30 Å². The lowest BCUT2D eigenvalue weighted by molar-refractivity contribution is 0.0556. The van der Waals surface area contributed by atoms with Crippen molar-refractivity contribution in [1.29, 1.82) is 0 Å². The number of rotatable bonds is 17. The zero-order valence-corrected chi connectivity index (χ0v) is 16.7. The second-order valence-electron chi connectivity index (χ2n) is 6.66. The molecule has 0 aliphatic rings. The number of nitrogens with zero attached hydrogens (tertiary/aromatic N) is 2. The third-order valence-corrected chi connectivity index (χ3v) is 5.46. The van der Waals surface area contributed by atoms with Crippen LogP contribution in [0.4, 0.5) is 0 Å². The predicted octanol–water partition coefficient (Wildman–Crippen LogP) is 5.94. The molecule has 0 saturated heterocycles. The Labute approximate surface area is 154 Å². The summed E-state index contributed by atoms with van der Waals surface area (Å²) in [5.41, 5.74) is 0. The van der Waals surface area contributed by atoms with E-state index >= 15 is 0 Å². The largest absolute Gasteiger partial charge is 0.376 e. The summed E-state index contributed by atoms with van der Waals surface area (Å²) in [5.74, 6) is 2.37. The van der Waals surface area contributed by atoms with Crippen molar-refractivity contribution in [2.45, 2.75) is 90.7 Å². The highest BCUT2D eigenvalue weighted by Crippen LogP contribution is 2.14. The highest BCUT2D eigenvalue weighted by atomic mass is 32.2. The fraction of sp³-hybridized carbons (Fsp3) is 0.850. The van der Waals surface area contributed by atoms with Crippen LogP contribution >= 0.6 is 11.8 Å². The summed E-state index contributed by atoms with van der Waals surface area (Å²) in [7, 11) is 0. The first-order valence-corrected chi connectivity index (χ1v) is 11.2. The first-order valence-electron chi connectivity index (χ1n) is 10.0. The summed E-state index contributed by atoms with van der Waals surface area (Å²) in [6, 6.07) is 0. The summed E-state index contributed by atoms with van der Waals surface area (Å²) in [6.45, 7) is 6.30. The molecule has 0 spiro atoms. The Morgan fingerprint density at radius 3 is 2.33 bits per heavy atom. The number of hydrogen-bond donors (Lipinski definition) is 0. The molecule has 0 aromatic carbocycles. The van der Waals surface area contributed by atoms with Crippen molar-refractivity contribution in [3.05, 3.63) is 18.7 Å². The zero-order valence-electron chi connectivity index (χ0n) is 15.9. The SMILES string of the molecule is CCCCCCCCCCSCC(Cn1ccnc1)OCCCC. The van der Waals surface area contributed by atoms with Crippen LogP contribution < -0.4 is 0 Å². The molecule has 0 aliphatic carbocycles. The molecule has 0 saturated carbocycles. The molecule has 140 valence electrons. The lowest BCUT2D eigenvalue weighted by Gasteiger charge is -2.18. The van der Waals surface area contributed by atoms with E-state index in [1.54, 1.807) is 0 Å². The molecule has 1 heterocycles. The molecule has 1 aromatic rings. The van der Waals surface area contributed by atoms with Crippen LogP contribution in [0.1, 0.15) is 78.1 Å². The second kappa shape index (κ2) is 16.0. The van der Waals surface area contributed by atoms with Crippen molar-refractivity contribution < 1.29 is 4.74 Å². The molecule has 1 unspecified atom stereocenters. The van der Waals surface area contributed by atoms with Crippen LogP contribution in [0.5, 0.6) is 0 Å². The van der Waals surface area contributed by atoms with E-state index in [0.717, 1.165) is 25.3 Å². The Balaban J connectivity index is 2.04. The maximum absolute atomic E-state index is 6.07. The van der Waals surface area contributed by atoms with Gasteiger partial charge in [0, 0.05) is 24.8 Å². The van der Waals surface area contributed by atoms with E-state index in [2.05, 4.69) is 35.2 Å². The van der Waals surface area contributed by atoms with E-state index in [1.165, 1.54) is 63.5 Å². The zero-order chi connectivity index (χ0) is 17.3. The van der Waals surface area contributed by atoms with Gasteiger partial charge in [-0.25, -0.2) is 4.98 Å². The normalized spacial score (nSPS) is 12.6. The summed E-state index contributed by atoms with van der Waals surface area (Å²) in [6.07, 6.45) is 19.6. The van der Waals surface area contributed by atoms with Crippen molar-refractivity contribution in [2.24, 2.45) is 0 Å². The van der Waals surface area contributed by atoms with Gasteiger partial charge in [0.15, 0.2) is 0 Å². The molecule has 24 heavy (non-hydrogen) atoms. The molecule has 0 N–H and O–H groups in total. The van der Waals surface area contributed by atoms with Crippen LogP contribution in [-0.2, 0) is 11.3 Å². The van der Waals surface area contributed by atoms with Gasteiger partial charge in [-0.05, 0) is 18.6 Å². The Kier molecular flexibility index (Phi) is 14.4. The van der Waals surface area contributed by atoms with Crippen LogP contribution in [0, 0.1) is 0 Å². The van der Waals surface area contributed by atoms with Gasteiger partial charge in [0.2, 0.25) is 0 Å². The summed E-state index contributed by atoms with van der Waals surface area (Å²) in [5, 5.41) is 0. The van der Waals surface area contributed by atoms with Crippen molar-refractivity contribution >= 4 is 11.8 Å². The number of imidazole rings is 1. The fourth-order valence-corrected chi connectivity index (χ4v) is 3.77. The van der Waals surface area contributed by atoms with E-state index in [-0.39, 0.29) is 0 Å². The standard InChI is InChI=1S/C20H38N2OS/c1-3-5-7-8-9-10-11-12-16-24-18-20(23-15-6-4-2)17-22-14-13-21-19-22/h13-14,19-20H,3-12,15-18H2,1-2H3. The Bertz CT molecular complexity index is 357. The third-order valence-electron chi connectivity index (χ3n) is 4.27. The smallest absolute Gasteiger partial charge is 0.0946 e. The molecule has 0 radical (unpaired) electrons. The minimum absolute atomic E-state index is 0.310. The van der Waals surface area contributed by atoms with Gasteiger partial charge in [-0.2, -0.15) is 11.8 Å². The average Bonchev–Trinajstić information content (AvgIpc) is 3.09. The molecule has 0 bridgehead atoms. The minimum atomic E-state index is 0.310. The summed E-state index contributed by atoms with van der Waals surface area (Å²) in [4.78, 5) is 4.13. The van der Waals surface area contributed by atoms with E-state index < -0.39 is 0 Å². The molecular formula is C20H38N2OS. The number of aromatic nitrogens is 2. The van der Waals surface area contributed by atoms with Gasteiger partial charge in [0.05, 0.1) is 19.0 Å². The fourth-order valence-electron chi connectivity index (χ4n) is 2.73. The third kappa shape index (κ3) is 12.0. The van der Waals surface area contributed by atoms with Crippen LogP contribution in [0.3, 0.4) is 0 Å². The number of thioether (sulfide) groups is 1. The van der Waals surface area contributed by atoms with Gasteiger partial charge in [-0.15, -0.1) is 0 Å². The lowest BCUT2D eigenvalue weighted by atomic mass is 10.1. The van der Waals surface area contributed by atoms with Gasteiger partial charge in [0.25, 0.3) is 0 Å². The van der Waals surface area contributed by atoms with Gasteiger partial charge >= 0.3 is 0 Å². The quantitative estimate of drug-likeness (QED) is 0.324. The second-order valence-corrected chi connectivity index (χ2v) is 7.81. The maximum atomic E-state index is 6.07. The molecule has 1 atom stereocenters. The molecule has 1 aromatic heterocycles. The van der Waals surface area contributed by atoms with Gasteiger partial charge in [0.1, 0.15) is 0 Å². The maximum Gasteiger partial charge on any atom is 0.0946 e. The van der Waals surface area contributed by atoms with Crippen molar-refractivity contribution in [2.75, 3.05) is 18.1 Å². The average molecular weight is 355 g/mol. The molecule has 4 heteroatoms. The van der Waals surface area contributed by atoms with Gasteiger partial charge in [-0.1, -0.05) is 65.2 Å². The number of ether oxygens (including phenoxy) is 1. The van der Waals surface area contributed by atoms with Crippen LogP contribution in [0.25, 0.3) is 0 Å². The van der Waals surface area contributed by atoms with Crippen LogP contribution in [-0.4, -0.2) is 33.8 Å². The highest BCUT2D eigenvalue weighted by Gasteiger charge is 2.10. The van der Waals surface area contributed by atoms with Crippen molar-refractivity contribution in [1.82, 2.24) is 9.55 Å². The molecular weight excluding hydrogens is 316 g/mol. The first kappa shape index (κ1) is 21.6. The minimum Gasteiger partial charge on any atom is -0.376 e. The molecule has 0 aliphatic heterocycles. The van der Waals surface area contributed by atoms with Crippen molar-refractivity contribution in [3.8, 4) is 0 Å². The Hall–Kier alpha value is -0.480. The van der Waals surface area contributed by atoms with E-state index in [0.29, 0.717) is 6.10 Å². The lowest BCUT2D eigenvalue weighted by Crippen LogP contribution is -2.23. The summed E-state index contributed by atoms with van der Waals surface area (Å²) >= 11 is 2.05. The van der Waals surface area contributed by atoms with Crippen LogP contribution in [0.2, 0.25) is 0 Å². The Morgan fingerprint density at radius 2 is 1.67 bits per heavy atom. The van der Waals surface area contributed by atoms with E-state index in [4.69, 9.17) is 4.74 Å². The molecule has 3 nitrogen and oxygen atoms in total. The van der Waals surface area contributed by atoms with Gasteiger partial charge in [-0.3, -0.25) is 0 Å². The first-order chi connectivity index (χ1) is 11.9. The molecule has 1 rings (SSSR count). The number of hydrogen-bond acceptors (Lipinski definition) is 3. The topological polar surface area (TPSA) is 27.1 Å². The van der Waals surface area contributed by atoms with Crippen LogP contribution in [0.15, 0.2) is 18.7 Å². The molecule has 0 fully saturated rings.